The van der Waals surface area contributed by atoms with Crippen LogP contribution in [0.3, 0.4) is 0 Å². The molecule has 120 valence electrons. The molecule has 0 aromatic heterocycles. The minimum atomic E-state index is 0.515. The Morgan fingerprint density at radius 3 is 1.60 bits per heavy atom. The van der Waals surface area contributed by atoms with Gasteiger partial charge in [-0.15, -0.1) is 0 Å². The molecule has 0 saturated heterocycles. The summed E-state index contributed by atoms with van der Waals surface area (Å²) in [5.41, 5.74) is 0.579. The van der Waals surface area contributed by atoms with Crippen molar-refractivity contribution in [3.63, 3.8) is 0 Å². The molecule has 1 heteroatoms. The Labute approximate surface area is 130 Å². The maximum absolute atomic E-state index is 2.54. The minimum absolute atomic E-state index is 0.515. The van der Waals surface area contributed by atoms with E-state index < -0.39 is 0 Å². The molecule has 1 atom stereocenters. The Hall–Kier alpha value is 0.0649. The van der Waals surface area contributed by atoms with Crippen LogP contribution < -0.4 is 0 Å². The SMILES string of the molecule is BC(C)(C)CCCCCC(C)(CCCCCC)C(C)C. The lowest BCUT2D eigenvalue weighted by Crippen LogP contribution is -2.23. The Bertz CT molecular complexity index is 226. The van der Waals surface area contributed by atoms with Gasteiger partial charge in [0.1, 0.15) is 7.85 Å². The number of hydrogen-bond donors (Lipinski definition) is 0. The van der Waals surface area contributed by atoms with Gasteiger partial charge >= 0.3 is 0 Å². The molecule has 0 heterocycles. The summed E-state index contributed by atoms with van der Waals surface area (Å²) in [7, 11) is 2.36. The van der Waals surface area contributed by atoms with Crippen LogP contribution in [0.4, 0.5) is 0 Å². The molecule has 0 aliphatic carbocycles. The summed E-state index contributed by atoms with van der Waals surface area (Å²) in [5.74, 6) is 0.826. The van der Waals surface area contributed by atoms with E-state index in [0.717, 1.165) is 5.92 Å². The quantitative estimate of drug-likeness (QED) is 0.286. The third-order valence-corrected chi connectivity index (χ3v) is 5.17. The van der Waals surface area contributed by atoms with Crippen molar-refractivity contribution < 1.29 is 0 Å². The van der Waals surface area contributed by atoms with Gasteiger partial charge in [-0.05, 0) is 24.2 Å². The summed E-state index contributed by atoms with van der Waals surface area (Å²) in [5, 5.41) is 0.515. The molecule has 0 aliphatic heterocycles. The van der Waals surface area contributed by atoms with Crippen molar-refractivity contribution in [1.82, 2.24) is 0 Å². The summed E-state index contributed by atoms with van der Waals surface area (Å²) >= 11 is 0. The molecule has 0 fully saturated rings. The zero-order chi connectivity index (χ0) is 15.6. The second-order valence-corrected chi connectivity index (χ2v) is 8.74. The van der Waals surface area contributed by atoms with Gasteiger partial charge in [0.2, 0.25) is 0 Å². The highest BCUT2D eigenvalue weighted by Crippen LogP contribution is 2.38. The van der Waals surface area contributed by atoms with Gasteiger partial charge in [-0.25, -0.2) is 0 Å². The van der Waals surface area contributed by atoms with E-state index in [9.17, 15) is 0 Å². The van der Waals surface area contributed by atoms with E-state index in [1.807, 2.05) is 0 Å². The van der Waals surface area contributed by atoms with E-state index in [-0.39, 0.29) is 0 Å². The minimum Gasteiger partial charge on any atom is -0.0672 e. The van der Waals surface area contributed by atoms with Crippen molar-refractivity contribution in [2.75, 3.05) is 0 Å². The van der Waals surface area contributed by atoms with E-state index in [4.69, 9.17) is 0 Å². The van der Waals surface area contributed by atoms with E-state index in [1.54, 1.807) is 0 Å². The molecule has 0 N–H and O–H groups in total. The van der Waals surface area contributed by atoms with Gasteiger partial charge in [-0.3, -0.25) is 0 Å². The number of rotatable bonds is 12. The Morgan fingerprint density at radius 2 is 1.20 bits per heavy atom. The lowest BCUT2D eigenvalue weighted by molar-refractivity contribution is 0.168. The molecule has 0 spiro atoms. The van der Waals surface area contributed by atoms with E-state index in [1.165, 1.54) is 64.2 Å². The predicted octanol–water partition coefficient (Wildman–Crippen LogP) is 6.40. The third-order valence-electron chi connectivity index (χ3n) is 5.17. The van der Waals surface area contributed by atoms with E-state index in [2.05, 4.69) is 49.4 Å². The lowest BCUT2D eigenvalue weighted by atomic mass is 9.68. The Morgan fingerprint density at radius 1 is 0.750 bits per heavy atom. The Kier molecular flexibility index (Phi) is 9.94. The summed E-state index contributed by atoms with van der Waals surface area (Å²) in [4.78, 5) is 0. The van der Waals surface area contributed by atoms with Gasteiger partial charge in [-0.1, -0.05) is 98.2 Å². The average molecular weight is 280 g/mol. The fourth-order valence-electron chi connectivity index (χ4n) is 3.02. The zero-order valence-corrected chi connectivity index (χ0v) is 15.6. The molecule has 0 nitrogen and oxygen atoms in total. The molecule has 0 aromatic carbocycles. The molecule has 0 aromatic rings. The van der Waals surface area contributed by atoms with Crippen LogP contribution in [0, 0.1) is 11.3 Å². The summed E-state index contributed by atoms with van der Waals surface area (Å²) in [6.07, 6.45) is 14.1. The first-order chi connectivity index (χ1) is 9.21. The van der Waals surface area contributed by atoms with Gasteiger partial charge in [0.15, 0.2) is 0 Å². The fourth-order valence-corrected chi connectivity index (χ4v) is 3.02. The summed E-state index contributed by atoms with van der Waals surface area (Å²) < 4.78 is 0. The van der Waals surface area contributed by atoms with Crippen LogP contribution in [0.15, 0.2) is 0 Å². The van der Waals surface area contributed by atoms with Crippen LogP contribution >= 0.6 is 0 Å². The number of hydrogen-bond acceptors (Lipinski definition) is 0. The number of unbranched alkanes of at least 4 members (excludes halogenated alkanes) is 5. The first kappa shape index (κ1) is 20.1. The molecule has 0 bridgehead atoms. The summed E-state index contributed by atoms with van der Waals surface area (Å²) in [6, 6.07) is 0. The van der Waals surface area contributed by atoms with Crippen LogP contribution in [0.25, 0.3) is 0 Å². The van der Waals surface area contributed by atoms with Gasteiger partial charge in [0, 0.05) is 0 Å². The lowest BCUT2D eigenvalue weighted by Gasteiger charge is -2.34. The van der Waals surface area contributed by atoms with Crippen molar-refractivity contribution in [2.24, 2.45) is 11.3 Å². The average Bonchev–Trinajstić information content (AvgIpc) is 2.32. The highest BCUT2D eigenvalue weighted by molar-refractivity contribution is 6.14. The maximum Gasteiger partial charge on any atom is 0.108 e. The van der Waals surface area contributed by atoms with Crippen molar-refractivity contribution in [3.05, 3.63) is 0 Å². The summed E-state index contributed by atoms with van der Waals surface area (Å²) in [6.45, 7) is 14.4. The van der Waals surface area contributed by atoms with Crippen molar-refractivity contribution in [1.29, 1.82) is 0 Å². The van der Waals surface area contributed by atoms with Crippen molar-refractivity contribution in [2.45, 2.75) is 111 Å². The molecular weight excluding hydrogens is 239 g/mol. The van der Waals surface area contributed by atoms with E-state index in [0.29, 0.717) is 10.7 Å². The van der Waals surface area contributed by atoms with Crippen LogP contribution in [-0.4, -0.2) is 7.85 Å². The Balaban J connectivity index is 3.94. The van der Waals surface area contributed by atoms with E-state index >= 15 is 0 Å². The first-order valence-electron chi connectivity index (χ1n) is 9.21. The van der Waals surface area contributed by atoms with Crippen LogP contribution in [0.1, 0.15) is 106 Å². The van der Waals surface area contributed by atoms with Crippen LogP contribution in [0.5, 0.6) is 0 Å². The fraction of sp³-hybridized carbons (Fsp3) is 1.00. The largest absolute Gasteiger partial charge is 0.108 e. The molecule has 0 amide bonds. The third kappa shape index (κ3) is 9.89. The second-order valence-electron chi connectivity index (χ2n) is 8.74. The predicted molar refractivity (Wildman–Crippen MR) is 97.4 cm³/mol. The standard InChI is InChI=1S/C19H41B/c1-7-8-9-12-15-19(6,17(2)3)16-13-10-11-14-18(4,5)20/h17H,7-16,20H2,1-6H3. The topological polar surface area (TPSA) is 0 Å². The first-order valence-corrected chi connectivity index (χ1v) is 9.21. The van der Waals surface area contributed by atoms with Crippen LogP contribution in [-0.2, 0) is 0 Å². The molecule has 0 saturated carbocycles. The highest BCUT2D eigenvalue weighted by atomic mass is 14.3. The smallest absolute Gasteiger partial charge is 0.0672 e. The normalized spacial score (nSPS) is 15.6. The van der Waals surface area contributed by atoms with Crippen LogP contribution in [0.2, 0.25) is 5.31 Å². The molecule has 1 unspecified atom stereocenters. The van der Waals surface area contributed by atoms with Gasteiger partial charge in [-0.2, -0.15) is 0 Å². The van der Waals surface area contributed by atoms with Crippen molar-refractivity contribution >= 4 is 7.85 Å². The highest BCUT2D eigenvalue weighted by Gasteiger charge is 2.27. The molecule has 0 aliphatic rings. The second kappa shape index (κ2) is 9.90. The maximum atomic E-state index is 2.54. The monoisotopic (exact) mass is 280 g/mol. The zero-order valence-electron chi connectivity index (χ0n) is 15.6. The molecular formula is C19H41B. The van der Waals surface area contributed by atoms with Gasteiger partial charge in [0.05, 0.1) is 0 Å². The molecule has 0 rings (SSSR count). The van der Waals surface area contributed by atoms with Gasteiger partial charge < -0.3 is 0 Å². The van der Waals surface area contributed by atoms with Crippen molar-refractivity contribution in [3.8, 4) is 0 Å². The molecule has 0 radical (unpaired) electrons. The van der Waals surface area contributed by atoms with Gasteiger partial charge in [0.25, 0.3) is 0 Å². The molecule has 20 heavy (non-hydrogen) atoms.